The minimum atomic E-state index is -0.912. The van der Waals surface area contributed by atoms with E-state index in [9.17, 15) is 4.79 Å². The van der Waals surface area contributed by atoms with E-state index in [4.69, 9.17) is 5.11 Å². The van der Waals surface area contributed by atoms with E-state index in [0.29, 0.717) is 5.69 Å². The van der Waals surface area contributed by atoms with E-state index in [1.165, 1.54) is 25.7 Å². The molecule has 0 unspecified atom stereocenters. The van der Waals surface area contributed by atoms with Crippen molar-refractivity contribution < 1.29 is 9.90 Å². The lowest BCUT2D eigenvalue weighted by Crippen LogP contribution is -2.25. The lowest BCUT2D eigenvalue weighted by Gasteiger charge is -2.22. The summed E-state index contributed by atoms with van der Waals surface area (Å²) in [6.45, 7) is 2.76. The highest BCUT2D eigenvalue weighted by Gasteiger charge is 2.18. The van der Waals surface area contributed by atoms with E-state index in [1.54, 1.807) is 19.1 Å². The number of carboxylic acid groups (broad SMARTS) is 1. The number of nitrogens with zero attached hydrogens (tertiary/aromatic N) is 2. The van der Waals surface area contributed by atoms with Crippen LogP contribution in [0.5, 0.6) is 0 Å². The van der Waals surface area contributed by atoms with Gasteiger partial charge in [-0.2, -0.15) is 0 Å². The Labute approximate surface area is 108 Å². The molecular formula is C14H20N2O2. The van der Waals surface area contributed by atoms with Crippen LogP contribution >= 0.6 is 0 Å². The molecule has 0 aliphatic heterocycles. The largest absolute Gasteiger partial charge is 0.478 e. The highest BCUT2D eigenvalue weighted by atomic mass is 16.4. The Morgan fingerprint density at radius 2 is 2.11 bits per heavy atom. The number of hydrogen-bond acceptors (Lipinski definition) is 3. The molecule has 0 saturated heterocycles. The van der Waals surface area contributed by atoms with Gasteiger partial charge in [0, 0.05) is 13.6 Å². The number of aromatic carboxylic acids is 1. The quantitative estimate of drug-likeness (QED) is 0.890. The summed E-state index contributed by atoms with van der Waals surface area (Å²) in [4.78, 5) is 17.4. The van der Waals surface area contributed by atoms with Crippen molar-refractivity contribution >= 4 is 11.8 Å². The topological polar surface area (TPSA) is 53.4 Å². The summed E-state index contributed by atoms with van der Waals surface area (Å²) in [6, 6.07) is 3.44. The highest BCUT2D eigenvalue weighted by Crippen LogP contribution is 2.26. The molecule has 1 aliphatic carbocycles. The lowest BCUT2D eigenvalue weighted by molar-refractivity contribution is 0.0695. The third kappa shape index (κ3) is 2.81. The van der Waals surface area contributed by atoms with Crippen LogP contribution in [0.4, 0.5) is 5.82 Å². The zero-order chi connectivity index (χ0) is 13.1. The third-order valence-electron chi connectivity index (χ3n) is 3.70. The molecule has 1 saturated carbocycles. The molecule has 1 heterocycles. The second-order valence-corrected chi connectivity index (χ2v) is 5.14. The Balaban J connectivity index is 2.08. The van der Waals surface area contributed by atoms with E-state index in [1.807, 2.05) is 7.05 Å². The van der Waals surface area contributed by atoms with Crippen LogP contribution in [0.25, 0.3) is 0 Å². The predicted molar refractivity (Wildman–Crippen MR) is 71.2 cm³/mol. The first-order valence-corrected chi connectivity index (χ1v) is 6.50. The summed E-state index contributed by atoms with van der Waals surface area (Å²) in [7, 11) is 2.03. The van der Waals surface area contributed by atoms with Crippen LogP contribution in [0.15, 0.2) is 12.1 Å². The average Bonchev–Trinajstić information content (AvgIpc) is 2.81. The van der Waals surface area contributed by atoms with Crippen molar-refractivity contribution in [3.8, 4) is 0 Å². The number of pyridine rings is 1. The minimum Gasteiger partial charge on any atom is -0.478 e. The second kappa shape index (κ2) is 5.38. The summed E-state index contributed by atoms with van der Waals surface area (Å²) in [6.07, 6.45) is 5.28. The Morgan fingerprint density at radius 3 is 2.67 bits per heavy atom. The maximum absolute atomic E-state index is 10.9. The molecular weight excluding hydrogens is 228 g/mol. The molecule has 98 valence electrons. The SMILES string of the molecule is Cc1nc(N(C)CC2CCCC2)ccc1C(=O)O. The van der Waals surface area contributed by atoms with Crippen molar-refractivity contribution in [2.45, 2.75) is 32.6 Å². The van der Waals surface area contributed by atoms with Crippen molar-refractivity contribution in [3.05, 3.63) is 23.4 Å². The monoisotopic (exact) mass is 248 g/mol. The molecule has 0 spiro atoms. The fraction of sp³-hybridized carbons (Fsp3) is 0.571. The zero-order valence-corrected chi connectivity index (χ0v) is 11.0. The van der Waals surface area contributed by atoms with Gasteiger partial charge in [-0.3, -0.25) is 0 Å². The van der Waals surface area contributed by atoms with Gasteiger partial charge in [-0.05, 0) is 37.8 Å². The molecule has 1 aliphatic rings. The summed E-state index contributed by atoms with van der Waals surface area (Å²) in [5, 5.41) is 8.97. The fourth-order valence-corrected chi connectivity index (χ4v) is 2.66. The number of carboxylic acids is 1. The molecule has 18 heavy (non-hydrogen) atoms. The number of aromatic nitrogens is 1. The molecule has 1 N–H and O–H groups in total. The van der Waals surface area contributed by atoms with Crippen LogP contribution in [0, 0.1) is 12.8 Å². The van der Waals surface area contributed by atoms with Gasteiger partial charge in [0.2, 0.25) is 0 Å². The van der Waals surface area contributed by atoms with Gasteiger partial charge >= 0.3 is 5.97 Å². The first-order valence-electron chi connectivity index (χ1n) is 6.50. The Kier molecular flexibility index (Phi) is 3.84. The standard InChI is InChI=1S/C14H20N2O2/c1-10-12(14(17)18)7-8-13(15-10)16(2)9-11-5-3-4-6-11/h7-8,11H,3-6,9H2,1-2H3,(H,17,18). The Hall–Kier alpha value is -1.58. The number of carbonyl (C=O) groups is 1. The number of hydrogen-bond donors (Lipinski definition) is 1. The molecule has 4 heteroatoms. The second-order valence-electron chi connectivity index (χ2n) is 5.14. The third-order valence-corrected chi connectivity index (χ3v) is 3.70. The van der Waals surface area contributed by atoms with E-state index >= 15 is 0 Å². The minimum absolute atomic E-state index is 0.285. The molecule has 0 amide bonds. The van der Waals surface area contributed by atoms with Crippen LogP contribution < -0.4 is 4.90 Å². The molecule has 1 aromatic rings. The molecule has 1 aromatic heterocycles. The van der Waals surface area contributed by atoms with Crippen molar-refractivity contribution in [1.29, 1.82) is 0 Å². The van der Waals surface area contributed by atoms with Gasteiger partial charge in [0.05, 0.1) is 11.3 Å². The summed E-state index contributed by atoms with van der Waals surface area (Å²) < 4.78 is 0. The molecule has 1 fully saturated rings. The van der Waals surface area contributed by atoms with E-state index < -0.39 is 5.97 Å². The Morgan fingerprint density at radius 1 is 1.44 bits per heavy atom. The molecule has 0 aromatic carbocycles. The maximum Gasteiger partial charge on any atom is 0.337 e. The van der Waals surface area contributed by atoms with Crippen LogP contribution in [0.2, 0.25) is 0 Å². The number of anilines is 1. The van der Waals surface area contributed by atoms with Crippen molar-refractivity contribution in [3.63, 3.8) is 0 Å². The Bertz CT molecular complexity index is 439. The van der Waals surface area contributed by atoms with Crippen LogP contribution in [-0.2, 0) is 0 Å². The van der Waals surface area contributed by atoms with E-state index in [0.717, 1.165) is 18.3 Å². The van der Waals surface area contributed by atoms with Gasteiger partial charge in [-0.1, -0.05) is 12.8 Å². The van der Waals surface area contributed by atoms with Gasteiger partial charge in [0.25, 0.3) is 0 Å². The smallest absolute Gasteiger partial charge is 0.337 e. The number of aryl methyl sites for hydroxylation is 1. The molecule has 0 radical (unpaired) electrons. The summed E-state index contributed by atoms with van der Waals surface area (Å²) >= 11 is 0. The fourth-order valence-electron chi connectivity index (χ4n) is 2.66. The van der Waals surface area contributed by atoms with E-state index in [2.05, 4.69) is 9.88 Å². The molecule has 0 bridgehead atoms. The van der Waals surface area contributed by atoms with E-state index in [-0.39, 0.29) is 5.56 Å². The average molecular weight is 248 g/mol. The van der Waals surface area contributed by atoms with Gasteiger partial charge in [0.1, 0.15) is 5.82 Å². The van der Waals surface area contributed by atoms with Crippen LogP contribution in [0.1, 0.15) is 41.7 Å². The van der Waals surface area contributed by atoms with Gasteiger partial charge < -0.3 is 10.0 Å². The molecule has 0 atom stereocenters. The maximum atomic E-state index is 10.9. The van der Waals surface area contributed by atoms with Gasteiger partial charge in [-0.15, -0.1) is 0 Å². The first-order chi connectivity index (χ1) is 8.58. The number of rotatable bonds is 4. The molecule has 2 rings (SSSR count). The first kappa shape index (κ1) is 12.9. The van der Waals surface area contributed by atoms with Crippen LogP contribution in [-0.4, -0.2) is 29.7 Å². The van der Waals surface area contributed by atoms with Crippen LogP contribution in [0.3, 0.4) is 0 Å². The van der Waals surface area contributed by atoms with Gasteiger partial charge in [-0.25, -0.2) is 9.78 Å². The summed E-state index contributed by atoms with van der Waals surface area (Å²) in [5.41, 5.74) is 0.867. The lowest BCUT2D eigenvalue weighted by atomic mass is 10.1. The highest BCUT2D eigenvalue weighted by molar-refractivity contribution is 5.89. The predicted octanol–water partition coefficient (Wildman–Crippen LogP) is 2.71. The normalized spacial score (nSPS) is 15.9. The zero-order valence-electron chi connectivity index (χ0n) is 11.0. The van der Waals surface area contributed by atoms with Gasteiger partial charge in [0.15, 0.2) is 0 Å². The van der Waals surface area contributed by atoms with Crippen molar-refractivity contribution in [1.82, 2.24) is 4.98 Å². The molecule has 4 nitrogen and oxygen atoms in total. The summed E-state index contributed by atoms with van der Waals surface area (Å²) in [5.74, 6) is 0.714. The van der Waals surface area contributed by atoms with Crippen molar-refractivity contribution in [2.24, 2.45) is 5.92 Å². The van der Waals surface area contributed by atoms with Crippen molar-refractivity contribution in [2.75, 3.05) is 18.5 Å².